The molecular formula is C20H18Cl2O2. The molecule has 3 rings (SSSR count). The van der Waals surface area contributed by atoms with Crippen molar-refractivity contribution < 1.29 is 9.59 Å². The van der Waals surface area contributed by atoms with Gasteiger partial charge < -0.3 is 0 Å². The molecule has 0 radical (unpaired) electrons. The first-order valence-corrected chi connectivity index (χ1v) is 8.56. The highest BCUT2D eigenvalue weighted by molar-refractivity contribution is 6.68. The van der Waals surface area contributed by atoms with Gasteiger partial charge in [-0.05, 0) is 76.0 Å². The summed E-state index contributed by atoms with van der Waals surface area (Å²) in [4.78, 5) is 22.9. The summed E-state index contributed by atoms with van der Waals surface area (Å²) in [6.07, 6.45) is 0.906. The maximum absolute atomic E-state index is 11.6. The van der Waals surface area contributed by atoms with E-state index in [0.717, 1.165) is 17.5 Å². The van der Waals surface area contributed by atoms with Gasteiger partial charge in [0.2, 0.25) is 0 Å². The van der Waals surface area contributed by atoms with Gasteiger partial charge in [0.25, 0.3) is 10.5 Å². The third kappa shape index (κ3) is 2.68. The molecule has 0 aromatic heterocycles. The molecule has 24 heavy (non-hydrogen) atoms. The Bertz CT molecular complexity index is 837. The monoisotopic (exact) mass is 360 g/mol. The lowest BCUT2D eigenvalue weighted by molar-refractivity contribution is 0.107. The lowest BCUT2D eigenvalue weighted by atomic mass is 9.75. The number of carbonyl (C=O) groups is 2. The summed E-state index contributed by atoms with van der Waals surface area (Å²) >= 11 is 11.2. The van der Waals surface area contributed by atoms with Crippen LogP contribution in [0.5, 0.6) is 0 Å². The lowest BCUT2D eigenvalue weighted by Gasteiger charge is -2.28. The predicted molar refractivity (Wildman–Crippen MR) is 97.3 cm³/mol. The van der Waals surface area contributed by atoms with Gasteiger partial charge in [-0.1, -0.05) is 39.0 Å². The molecule has 0 bridgehead atoms. The van der Waals surface area contributed by atoms with Crippen LogP contribution in [0.2, 0.25) is 0 Å². The van der Waals surface area contributed by atoms with Crippen LogP contribution in [0.1, 0.15) is 64.6 Å². The van der Waals surface area contributed by atoms with Gasteiger partial charge in [0.15, 0.2) is 0 Å². The molecule has 0 saturated heterocycles. The number of rotatable bonds is 3. The Balaban J connectivity index is 2.17. The standard InChI is InChI=1S/C20H18Cl2O2/c1-19(2)11-20(3,14-7-4-12(5-8-14)17(21)23)16-10-13(18(22)24)6-9-15(16)19/h4-10H,11H2,1-3H3. The van der Waals surface area contributed by atoms with Crippen molar-refractivity contribution in [1.29, 1.82) is 0 Å². The number of halogens is 2. The maximum atomic E-state index is 11.6. The van der Waals surface area contributed by atoms with Crippen LogP contribution < -0.4 is 0 Å². The zero-order chi connectivity index (χ0) is 17.7. The molecule has 0 fully saturated rings. The zero-order valence-corrected chi connectivity index (χ0v) is 15.3. The molecule has 1 aliphatic carbocycles. The van der Waals surface area contributed by atoms with Crippen molar-refractivity contribution in [3.05, 3.63) is 70.3 Å². The molecule has 1 unspecified atom stereocenters. The Morgan fingerprint density at radius 2 is 1.38 bits per heavy atom. The minimum absolute atomic E-state index is 0.0149. The average Bonchev–Trinajstić information content (AvgIpc) is 2.74. The van der Waals surface area contributed by atoms with E-state index in [2.05, 4.69) is 20.8 Å². The Kier molecular flexibility index (Phi) is 4.09. The van der Waals surface area contributed by atoms with E-state index in [1.165, 1.54) is 5.56 Å². The van der Waals surface area contributed by atoms with Gasteiger partial charge >= 0.3 is 0 Å². The second kappa shape index (κ2) is 5.72. The smallest absolute Gasteiger partial charge is 0.252 e. The molecule has 0 aliphatic heterocycles. The number of fused-ring (bicyclic) bond motifs is 1. The van der Waals surface area contributed by atoms with Crippen molar-refractivity contribution in [3.8, 4) is 0 Å². The third-order valence-corrected chi connectivity index (χ3v) is 5.55. The number of benzene rings is 2. The second-order valence-electron chi connectivity index (χ2n) is 7.28. The van der Waals surface area contributed by atoms with E-state index in [9.17, 15) is 9.59 Å². The van der Waals surface area contributed by atoms with E-state index in [4.69, 9.17) is 23.2 Å². The van der Waals surface area contributed by atoms with Crippen LogP contribution in [0.4, 0.5) is 0 Å². The van der Waals surface area contributed by atoms with Crippen molar-refractivity contribution in [2.24, 2.45) is 0 Å². The van der Waals surface area contributed by atoms with E-state index < -0.39 is 10.5 Å². The number of carbonyl (C=O) groups excluding carboxylic acids is 2. The molecule has 2 aromatic rings. The van der Waals surface area contributed by atoms with Gasteiger partial charge in [0, 0.05) is 16.5 Å². The highest BCUT2D eigenvalue weighted by Gasteiger charge is 2.45. The van der Waals surface area contributed by atoms with Crippen LogP contribution in [-0.2, 0) is 10.8 Å². The maximum Gasteiger partial charge on any atom is 0.252 e. The molecule has 1 aliphatic rings. The van der Waals surface area contributed by atoms with E-state index >= 15 is 0 Å². The molecule has 1 atom stereocenters. The van der Waals surface area contributed by atoms with E-state index in [1.807, 2.05) is 24.3 Å². The van der Waals surface area contributed by atoms with E-state index in [0.29, 0.717) is 11.1 Å². The van der Waals surface area contributed by atoms with Crippen LogP contribution in [0.15, 0.2) is 42.5 Å². The van der Waals surface area contributed by atoms with Crippen molar-refractivity contribution in [2.75, 3.05) is 0 Å². The van der Waals surface area contributed by atoms with Gasteiger partial charge in [-0.3, -0.25) is 9.59 Å². The summed E-state index contributed by atoms with van der Waals surface area (Å²) in [6, 6.07) is 13.1. The minimum Gasteiger partial charge on any atom is -0.276 e. The molecule has 0 heterocycles. The highest BCUT2D eigenvalue weighted by atomic mass is 35.5. The van der Waals surface area contributed by atoms with Crippen molar-refractivity contribution in [2.45, 2.75) is 38.0 Å². The fourth-order valence-electron chi connectivity index (χ4n) is 4.01. The fourth-order valence-corrected chi connectivity index (χ4v) is 4.26. The van der Waals surface area contributed by atoms with Gasteiger partial charge in [-0.15, -0.1) is 0 Å². The highest BCUT2D eigenvalue weighted by Crippen LogP contribution is 2.52. The fraction of sp³-hybridized carbons (Fsp3) is 0.300. The molecular weight excluding hydrogens is 343 g/mol. The summed E-state index contributed by atoms with van der Waals surface area (Å²) in [6.45, 7) is 6.58. The van der Waals surface area contributed by atoms with Gasteiger partial charge in [-0.2, -0.15) is 0 Å². The molecule has 124 valence electrons. The molecule has 0 spiro atoms. The second-order valence-corrected chi connectivity index (χ2v) is 7.96. The average molecular weight is 361 g/mol. The molecule has 2 aromatic carbocycles. The first kappa shape index (κ1) is 17.2. The SMILES string of the molecule is CC1(C)CC(C)(c2ccc(C(=O)Cl)cc2)c2cc(C(=O)Cl)ccc21. The zero-order valence-electron chi connectivity index (χ0n) is 13.8. The van der Waals surface area contributed by atoms with Gasteiger partial charge in [-0.25, -0.2) is 0 Å². The Labute approximate surface area is 151 Å². The molecule has 4 heteroatoms. The first-order valence-electron chi connectivity index (χ1n) is 7.80. The van der Waals surface area contributed by atoms with Crippen molar-refractivity contribution in [3.63, 3.8) is 0 Å². The van der Waals surface area contributed by atoms with E-state index in [1.54, 1.807) is 18.2 Å². The Morgan fingerprint density at radius 3 is 1.92 bits per heavy atom. The normalized spacial score (nSPS) is 21.4. The summed E-state index contributed by atoms with van der Waals surface area (Å²) in [7, 11) is 0. The number of hydrogen-bond acceptors (Lipinski definition) is 2. The summed E-state index contributed by atoms with van der Waals surface area (Å²) in [5.41, 5.74) is 4.15. The third-order valence-electron chi connectivity index (χ3n) is 5.11. The molecule has 0 N–H and O–H groups in total. The minimum atomic E-state index is -0.464. The van der Waals surface area contributed by atoms with Crippen LogP contribution in [0.25, 0.3) is 0 Å². The molecule has 0 saturated carbocycles. The van der Waals surface area contributed by atoms with Gasteiger partial charge in [0.1, 0.15) is 0 Å². The van der Waals surface area contributed by atoms with Crippen molar-refractivity contribution in [1.82, 2.24) is 0 Å². The molecule has 0 amide bonds. The first-order chi connectivity index (χ1) is 11.1. The largest absolute Gasteiger partial charge is 0.276 e. The Hall–Kier alpha value is -1.64. The molecule has 2 nitrogen and oxygen atoms in total. The van der Waals surface area contributed by atoms with Crippen LogP contribution in [-0.4, -0.2) is 10.5 Å². The quantitative estimate of drug-likeness (QED) is 0.683. The van der Waals surface area contributed by atoms with Gasteiger partial charge in [0.05, 0.1) is 0 Å². The predicted octanol–water partition coefficient (Wildman–Crippen LogP) is 5.43. The summed E-state index contributed by atoms with van der Waals surface area (Å²) in [5.74, 6) is 0. The van der Waals surface area contributed by atoms with Crippen LogP contribution >= 0.6 is 23.2 Å². The lowest BCUT2D eigenvalue weighted by Crippen LogP contribution is -2.23. The summed E-state index contributed by atoms with van der Waals surface area (Å²) < 4.78 is 0. The van der Waals surface area contributed by atoms with Crippen LogP contribution in [0.3, 0.4) is 0 Å². The number of hydrogen-bond donors (Lipinski definition) is 0. The van der Waals surface area contributed by atoms with E-state index in [-0.39, 0.29) is 10.8 Å². The Morgan fingerprint density at radius 1 is 0.833 bits per heavy atom. The topological polar surface area (TPSA) is 34.1 Å². The van der Waals surface area contributed by atoms with Crippen LogP contribution in [0, 0.1) is 0 Å². The van der Waals surface area contributed by atoms with Crippen molar-refractivity contribution >= 4 is 33.7 Å². The summed E-state index contributed by atoms with van der Waals surface area (Å²) in [5, 5.41) is -0.915.